The van der Waals surface area contributed by atoms with Gasteiger partial charge in [-0.15, -0.1) is 0 Å². The number of benzene rings is 1. The number of thioether (sulfide) groups is 1. The van der Waals surface area contributed by atoms with E-state index in [-0.39, 0.29) is 6.61 Å². The molecule has 0 aliphatic carbocycles. The third-order valence-corrected chi connectivity index (χ3v) is 6.78. The third-order valence-electron chi connectivity index (χ3n) is 5.62. The summed E-state index contributed by atoms with van der Waals surface area (Å²) in [7, 11) is 0. The van der Waals surface area contributed by atoms with Gasteiger partial charge in [-0.05, 0) is 30.5 Å². The number of anilines is 1. The Labute approximate surface area is 193 Å². The average molecular weight is 450 g/mol. The summed E-state index contributed by atoms with van der Waals surface area (Å²) in [5, 5.41) is 29.1. The molecule has 1 saturated heterocycles. The minimum atomic E-state index is -0.495. The SMILES string of the molecule is CCc1c(C#N)c(SC(C=O)c2ccccc2)nc(N2CCCN(CCO)CC2)c1C#N. The van der Waals surface area contributed by atoms with Crippen LogP contribution in [0.1, 0.15) is 40.8 Å². The van der Waals surface area contributed by atoms with E-state index in [1.165, 1.54) is 11.8 Å². The van der Waals surface area contributed by atoms with Crippen LogP contribution in [-0.4, -0.2) is 60.6 Å². The summed E-state index contributed by atoms with van der Waals surface area (Å²) in [6.45, 7) is 5.71. The number of nitriles is 2. The lowest BCUT2D eigenvalue weighted by Gasteiger charge is -2.25. The Kier molecular flexibility index (Phi) is 8.64. The van der Waals surface area contributed by atoms with Gasteiger partial charge in [0.05, 0.1) is 23.0 Å². The van der Waals surface area contributed by atoms with Crippen molar-refractivity contribution in [3.63, 3.8) is 0 Å². The van der Waals surface area contributed by atoms with Crippen LogP contribution >= 0.6 is 11.8 Å². The molecular formula is C24H27N5O2S. The summed E-state index contributed by atoms with van der Waals surface area (Å²) in [5.74, 6) is 0.578. The van der Waals surface area contributed by atoms with Gasteiger partial charge in [0, 0.05) is 26.2 Å². The molecule has 166 valence electrons. The van der Waals surface area contributed by atoms with Gasteiger partial charge in [0.25, 0.3) is 0 Å². The molecule has 1 fully saturated rings. The molecule has 2 heterocycles. The van der Waals surface area contributed by atoms with Gasteiger partial charge in [-0.25, -0.2) is 4.98 Å². The summed E-state index contributed by atoms with van der Waals surface area (Å²) < 4.78 is 0. The molecule has 1 unspecified atom stereocenters. The Balaban J connectivity index is 2.03. The van der Waals surface area contributed by atoms with Crippen molar-refractivity contribution in [3.05, 3.63) is 52.6 Å². The zero-order valence-corrected chi connectivity index (χ0v) is 19.0. The lowest BCUT2D eigenvalue weighted by atomic mass is 10.0. The number of aliphatic hydroxyl groups is 1. The van der Waals surface area contributed by atoms with Gasteiger partial charge < -0.3 is 14.8 Å². The first kappa shape index (κ1) is 23.7. The van der Waals surface area contributed by atoms with Crippen LogP contribution < -0.4 is 4.90 Å². The Morgan fingerprint density at radius 1 is 1.16 bits per heavy atom. The van der Waals surface area contributed by atoms with Crippen molar-refractivity contribution in [1.82, 2.24) is 9.88 Å². The van der Waals surface area contributed by atoms with E-state index in [1.54, 1.807) is 0 Å². The summed E-state index contributed by atoms with van der Waals surface area (Å²) in [4.78, 5) is 21.0. The lowest BCUT2D eigenvalue weighted by molar-refractivity contribution is -0.107. The first-order valence-corrected chi connectivity index (χ1v) is 11.7. The highest BCUT2D eigenvalue weighted by Crippen LogP contribution is 2.38. The standard InChI is InChI=1S/C24H27N5O2S/c1-2-19-20(15-25)23(29-10-6-9-28(11-12-29)13-14-30)27-24(21(19)16-26)32-22(17-31)18-7-4-3-5-8-18/h3-5,7-8,17,22,30H,2,6,9-14H2,1H3. The first-order chi connectivity index (χ1) is 15.7. The minimum Gasteiger partial charge on any atom is -0.395 e. The third kappa shape index (κ3) is 5.28. The maximum atomic E-state index is 11.9. The highest BCUT2D eigenvalue weighted by molar-refractivity contribution is 8.00. The van der Waals surface area contributed by atoms with Gasteiger partial charge in [0.2, 0.25) is 0 Å². The predicted octanol–water partition coefficient (Wildman–Crippen LogP) is 2.92. The molecule has 0 spiro atoms. The fraction of sp³-hybridized carbons (Fsp3) is 0.417. The van der Waals surface area contributed by atoms with Crippen LogP contribution in [-0.2, 0) is 11.2 Å². The largest absolute Gasteiger partial charge is 0.395 e. The topological polar surface area (TPSA) is 104 Å². The van der Waals surface area contributed by atoms with Crippen molar-refractivity contribution < 1.29 is 9.90 Å². The van der Waals surface area contributed by atoms with E-state index in [4.69, 9.17) is 4.98 Å². The van der Waals surface area contributed by atoms with Crippen LogP contribution in [0.25, 0.3) is 0 Å². The predicted molar refractivity (Wildman–Crippen MR) is 125 cm³/mol. The number of β-amino-alcohol motifs (C(OH)–C–C–N with tert-alkyl or cyclic N) is 1. The monoisotopic (exact) mass is 449 g/mol. The molecule has 8 heteroatoms. The Morgan fingerprint density at radius 2 is 1.91 bits per heavy atom. The maximum absolute atomic E-state index is 11.9. The van der Waals surface area contributed by atoms with Crippen molar-refractivity contribution >= 4 is 23.9 Å². The van der Waals surface area contributed by atoms with E-state index in [2.05, 4.69) is 21.9 Å². The molecule has 1 atom stereocenters. The number of rotatable bonds is 8. The number of carbonyl (C=O) groups excluding carboxylic acids is 1. The van der Waals surface area contributed by atoms with E-state index in [1.807, 2.05) is 37.3 Å². The molecular weight excluding hydrogens is 422 g/mol. The quantitative estimate of drug-likeness (QED) is 0.485. The van der Waals surface area contributed by atoms with E-state index in [0.29, 0.717) is 47.0 Å². The fourth-order valence-electron chi connectivity index (χ4n) is 3.98. The average Bonchev–Trinajstić information content (AvgIpc) is 3.07. The van der Waals surface area contributed by atoms with Crippen molar-refractivity contribution in [2.45, 2.75) is 30.0 Å². The second kappa shape index (κ2) is 11.6. The number of hydrogen-bond donors (Lipinski definition) is 1. The van der Waals surface area contributed by atoms with Crippen LogP contribution in [0.4, 0.5) is 5.82 Å². The Morgan fingerprint density at radius 3 is 2.53 bits per heavy atom. The van der Waals surface area contributed by atoms with Gasteiger partial charge in [-0.3, -0.25) is 4.90 Å². The van der Waals surface area contributed by atoms with Gasteiger partial charge in [-0.2, -0.15) is 10.5 Å². The minimum absolute atomic E-state index is 0.117. The molecule has 2 aromatic rings. The van der Waals surface area contributed by atoms with Crippen molar-refractivity contribution in [2.24, 2.45) is 0 Å². The van der Waals surface area contributed by atoms with E-state index < -0.39 is 5.25 Å². The van der Waals surface area contributed by atoms with Gasteiger partial charge >= 0.3 is 0 Å². The molecule has 1 aromatic carbocycles. The molecule has 7 nitrogen and oxygen atoms in total. The lowest BCUT2D eigenvalue weighted by Crippen LogP contribution is -2.33. The van der Waals surface area contributed by atoms with Crippen LogP contribution in [0.2, 0.25) is 0 Å². The molecule has 1 N–H and O–H groups in total. The molecule has 0 bridgehead atoms. The zero-order valence-electron chi connectivity index (χ0n) is 18.2. The Hall–Kier alpha value is -2.91. The first-order valence-electron chi connectivity index (χ1n) is 10.8. The summed E-state index contributed by atoms with van der Waals surface area (Å²) in [6, 6.07) is 13.9. The van der Waals surface area contributed by atoms with Crippen LogP contribution in [0, 0.1) is 22.7 Å². The van der Waals surface area contributed by atoms with Crippen molar-refractivity contribution in [2.75, 3.05) is 44.2 Å². The van der Waals surface area contributed by atoms with E-state index in [0.717, 1.165) is 37.9 Å². The van der Waals surface area contributed by atoms with Gasteiger partial charge in [0.15, 0.2) is 0 Å². The summed E-state index contributed by atoms with van der Waals surface area (Å²) >= 11 is 1.25. The number of aliphatic hydroxyl groups excluding tert-OH is 1. The molecule has 1 aromatic heterocycles. The van der Waals surface area contributed by atoms with E-state index in [9.17, 15) is 20.4 Å². The number of aldehydes is 1. The highest BCUT2D eigenvalue weighted by Gasteiger charge is 2.26. The number of nitrogens with zero attached hydrogens (tertiary/aromatic N) is 5. The zero-order chi connectivity index (χ0) is 22.9. The van der Waals surface area contributed by atoms with Crippen molar-refractivity contribution in [3.8, 4) is 12.1 Å². The normalized spacial score (nSPS) is 15.4. The highest BCUT2D eigenvalue weighted by atomic mass is 32.2. The molecule has 0 amide bonds. The van der Waals surface area contributed by atoms with Crippen LogP contribution in [0.3, 0.4) is 0 Å². The van der Waals surface area contributed by atoms with Crippen molar-refractivity contribution in [1.29, 1.82) is 10.5 Å². The number of carbonyl (C=O) groups is 1. The summed E-state index contributed by atoms with van der Waals surface area (Å²) in [5.41, 5.74) is 2.33. The molecule has 32 heavy (non-hydrogen) atoms. The molecule has 1 aliphatic rings. The molecule has 3 rings (SSSR count). The second-order valence-electron chi connectivity index (χ2n) is 7.54. The second-order valence-corrected chi connectivity index (χ2v) is 8.67. The van der Waals surface area contributed by atoms with E-state index >= 15 is 0 Å². The molecule has 0 radical (unpaired) electrons. The number of pyridine rings is 1. The molecule has 1 aliphatic heterocycles. The maximum Gasteiger partial charge on any atom is 0.148 e. The fourth-order valence-corrected chi connectivity index (χ4v) is 5.00. The Bertz CT molecular complexity index is 1020. The van der Waals surface area contributed by atoms with Gasteiger partial charge in [0.1, 0.15) is 29.3 Å². The van der Waals surface area contributed by atoms with Crippen LogP contribution in [0.15, 0.2) is 35.4 Å². The molecule has 0 saturated carbocycles. The van der Waals surface area contributed by atoms with Gasteiger partial charge in [-0.1, -0.05) is 49.0 Å². The number of aromatic nitrogens is 1. The summed E-state index contributed by atoms with van der Waals surface area (Å²) in [6.07, 6.45) is 2.28. The number of hydrogen-bond acceptors (Lipinski definition) is 8. The smallest absolute Gasteiger partial charge is 0.148 e. The van der Waals surface area contributed by atoms with Crippen LogP contribution in [0.5, 0.6) is 0 Å².